The fraction of sp³-hybridized carbons (Fsp3) is 0.286. The molecule has 3 N–H and O–H groups in total. The Morgan fingerprint density at radius 1 is 1.19 bits per heavy atom. The lowest BCUT2D eigenvalue weighted by Crippen LogP contribution is -2.53. The van der Waals surface area contributed by atoms with Crippen molar-refractivity contribution in [3.8, 4) is 0 Å². The van der Waals surface area contributed by atoms with E-state index >= 15 is 0 Å². The zero-order valence-corrected chi connectivity index (χ0v) is 14.6. The maximum atomic E-state index is 12.3. The Balaban J connectivity index is 1.35. The summed E-state index contributed by atoms with van der Waals surface area (Å²) in [5, 5.41) is 14.7. The second kappa shape index (κ2) is 7.32. The Bertz CT molecular complexity index is 890. The standard InChI is InChI=1S/C21H23N3O2/c25-20-14-24(13-15-6-7-18-17(12-15)8-10-22-18)11-9-19(20)23-21(26)16-4-2-1-3-5-16/h1-8,10,12,19-20,22,25H,9,11,13-14H2,(H,23,26)/t19-,20-/m1/s1. The number of hydrogen-bond acceptors (Lipinski definition) is 3. The van der Waals surface area contributed by atoms with Crippen LogP contribution in [0.5, 0.6) is 0 Å². The minimum absolute atomic E-state index is 0.124. The van der Waals surface area contributed by atoms with Crippen LogP contribution in [0.1, 0.15) is 22.3 Å². The summed E-state index contributed by atoms with van der Waals surface area (Å²) in [7, 11) is 0. The molecule has 1 aliphatic heterocycles. The van der Waals surface area contributed by atoms with Crippen molar-refractivity contribution in [3.05, 3.63) is 71.9 Å². The molecule has 1 fully saturated rings. The van der Waals surface area contributed by atoms with E-state index in [1.165, 1.54) is 10.9 Å². The SMILES string of the molecule is O=C(N[C@@H]1CCN(Cc2ccc3[nH]ccc3c2)C[C@H]1O)c1ccccc1. The first-order valence-electron chi connectivity index (χ1n) is 9.01. The number of fused-ring (bicyclic) bond motifs is 1. The summed E-state index contributed by atoms with van der Waals surface area (Å²) in [6.45, 7) is 2.21. The zero-order chi connectivity index (χ0) is 17.9. The lowest BCUT2D eigenvalue weighted by Gasteiger charge is -2.36. The van der Waals surface area contributed by atoms with Gasteiger partial charge in [0.05, 0.1) is 12.1 Å². The second-order valence-electron chi connectivity index (χ2n) is 6.94. The smallest absolute Gasteiger partial charge is 0.251 e. The lowest BCUT2D eigenvalue weighted by molar-refractivity contribution is 0.0350. The average molecular weight is 349 g/mol. The highest BCUT2D eigenvalue weighted by atomic mass is 16.3. The summed E-state index contributed by atoms with van der Waals surface area (Å²) in [4.78, 5) is 17.7. The summed E-state index contributed by atoms with van der Waals surface area (Å²) < 4.78 is 0. The summed E-state index contributed by atoms with van der Waals surface area (Å²) in [5.74, 6) is -0.124. The van der Waals surface area contributed by atoms with Gasteiger partial charge >= 0.3 is 0 Å². The summed E-state index contributed by atoms with van der Waals surface area (Å²) >= 11 is 0. The highest BCUT2D eigenvalue weighted by Crippen LogP contribution is 2.19. The number of aliphatic hydroxyl groups excluding tert-OH is 1. The normalized spacial score (nSPS) is 21.0. The number of carbonyl (C=O) groups excluding carboxylic acids is 1. The summed E-state index contributed by atoms with van der Waals surface area (Å²) in [6.07, 6.45) is 2.12. The number of aromatic amines is 1. The summed E-state index contributed by atoms with van der Waals surface area (Å²) in [5.41, 5.74) is 2.99. The Kier molecular flexibility index (Phi) is 4.73. The highest BCUT2D eigenvalue weighted by molar-refractivity contribution is 5.94. The first kappa shape index (κ1) is 16.8. The molecule has 4 rings (SSSR count). The monoisotopic (exact) mass is 349 g/mol. The predicted molar refractivity (Wildman–Crippen MR) is 102 cm³/mol. The molecule has 0 spiro atoms. The average Bonchev–Trinajstić information content (AvgIpc) is 3.12. The van der Waals surface area contributed by atoms with Crippen molar-refractivity contribution in [1.29, 1.82) is 0 Å². The van der Waals surface area contributed by atoms with E-state index in [1.54, 1.807) is 12.1 Å². The fourth-order valence-corrected chi connectivity index (χ4v) is 3.61. The molecule has 3 aromatic rings. The number of rotatable bonds is 4. The van der Waals surface area contributed by atoms with Gasteiger partial charge in [0.15, 0.2) is 0 Å². The maximum Gasteiger partial charge on any atom is 0.251 e. The van der Waals surface area contributed by atoms with Crippen LogP contribution in [0.25, 0.3) is 10.9 Å². The van der Waals surface area contributed by atoms with Gasteiger partial charge in [0, 0.05) is 36.9 Å². The largest absolute Gasteiger partial charge is 0.390 e. The molecule has 0 saturated carbocycles. The number of piperidine rings is 1. The van der Waals surface area contributed by atoms with E-state index < -0.39 is 6.10 Å². The Hall–Kier alpha value is -2.63. The van der Waals surface area contributed by atoms with Gasteiger partial charge in [0.25, 0.3) is 5.91 Å². The number of aromatic nitrogens is 1. The van der Waals surface area contributed by atoms with Crippen LogP contribution in [0.4, 0.5) is 0 Å². The molecular formula is C21H23N3O2. The minimum Gasteiger partial charge on any atom is -0.390 e. The Labute approximate surface area is 152 Å². The number of β-amino-alcohol motifs (C(OH)–C–C–N with tert-alkyl or cyclic N) is 1. The van der Waals surface area contributed by atoms with E-state index in [1.807, 2.05) is 24.4 Å². The Morgan fingerprint density at radius 2 is 2.04 bits per heavy atom. The second-order valence-corrected chi connectivity index (χ2v) is 6.94. The number of amides is 1. The van der Waals surface area contributed by atoms with Gasteiger partial charge in [0.1, 0.15) is 0 Å². The predicted octanol–water partition coefficient (Wildman–Crippen LogP) is 2.53. The minimum atomic E-state index is -0.563. The molecule has 2 atom stereocenters. The van der Waals surface area contributed by atoms with E-state index in [2.05, 4.69) is 39.5 Å². The van der Waals surface area contributed by atoms with E-state index in [4.69, 9.17) is 0 Å². The van der Waals surface area contributed by atoms with Crippen LogP contribution < -0.4 is 5.32 Å². The number of H-pyrrole nitrogens is 1. The van der Waals surface area contributed by atoms with E-state index in [-0.39, 0.29) is 11.9 Å². The molecule has 5 nitrogen and oxygen atoms in total. The molecule has 1 amide bonds. The lowest BCUT2D eigenvalue weighted by atomic mass is 10.0. The first-order chi connectivity index (χ1) is 12.7. The van der Waals surface area contributed by atoms with Crippen LogP contribution in [-0.2, 0) is 6.54 Å². The molecule has 1 aromatic heterocycles. The molecule has 5 heteroatoms. The van der Waals surface area contributed by atoms with Gasteiger partial charge in [-0.15, -0.1) is 0 Å². The molecule has 0 bridgehead atoms. The molecule has 1 aliphatic rings. The van der Waals surface area contributed by atoms with Gasteiger partial charge < -0.3 is 15.4 Å². The van der Waals surface area contributed by atoms with Crippen molar-refractivity contribution in [2.24, 2.45) is 0 Å². The molecule has 0 aliphatic carbocycles. The fourth-order valence-electron chi connectivity index (χ4n) is 3.61. The van der Waals surface area contributed by atoms with Crippen LogP contribution in [-0.4, -0.2) is 46.1 Å². The van der Waals surface area contributed by atoms with Crippen LogP contribution in [0.2, 0.25) is 0 Å². The molecule has 2 aromatic carbocycles. The molecule has 1 saturated heterocycles. The molecule has 2 heterocycles. The van der Waals surface area contributed by atoms with Gasteiger partial charge in [-0.2, -0.15) is 0 Å². The maximum absolute atomic E-state index is 12.3. The van der Waals surface area contributed by atoms with Crippen molar-refractivity contribution >= 4 is 16.8 Å². The van der Waals surface area contributed by atoms with E-state index in [0.717, 1.165) is 25.0 Å². The van der Waals surface area contributed by atoms with Crippen LogP contribution in [0, 0.1) is 0 Å². The quantitative estimate of drug-likeness (QED) is 0.678. The molecule has 0 unspecified atom stereocenters. The van der Waals surface area contributed by atoms with Gasteiger partial charge in [-0.3, -0.25) is 9.69 Å². The number of hydrogen-bond donors (Lipinski definition) is 3. The first-order valence-corrected chi connectivity index (χ1v) is 9.01. The zero-order valence-electron chi connectivity index (χ0n) is 14.6. The number of benzene rings is 2. The van der Waals surface area contributed by atoms with Gasteiger partial charge in [-0.25, -0.2) is 0 Å². The van der Waals surface area contributed by atoms with Gasteiger partial charge in [0.2, 0.25) is 0 Å². The van der Waals surface area contributed by atoms with E-state index in [0.29, 0.717) is 12.1 Å². The van der Waals surface area contributed by atoms with Crippen molar-refractivity contribution in [1.82, 2.24) is 15.2 Å². The molecule has 134 valence electrons. The summed E-state index contributed by atoms with van der Waals surface area (Å²) in [6, 6.07) is 17.4. The third-order valence-corrected chi connectivity index (χ3v) is 5.04. The number of aliphatic hydroxyl groups is 1. The number of nitrogens with one attached hydrogen (secondary N) is 2. The van der Waals surface area contributed by atoms with Crippen LogP contribution in [0.3, 0.4) is 0 Å². The highest BCUT2D eigenvalue weighted by Gasteiger charge is 2.29. The van der Waals surface area contributed by atoms with Crippen molar-refractivity contribution in [2.45, 2.75) is 25.1 Å². The van der Waals surface area contributed by atoms with Crippen LogP contribution in [0.15, 0.2) is 60.8 Å². The van der Waals surface area contributed by atoms with Gasteiger partial charge in [-0.1, -0.05) is 24.3 Å². The van der Waals surface area contributed by atoms with Crippen molar-refractivity contribution < 1.29 is 9.90 Å². The topological polar surface area (TPSA) is 68.4 Å². The van der Waals surface area contributed by atoms with Gasteiger partial charge in [-0.05, 0) is 47.7 Å². The third kappa shape index (κ3) is 3.64. The van der Waals surface area contributed by atoms with Crippen LogP contribution >= 0.6 is 0 Å². The van der Waals surface area contributed by atoms with E-state index in [9.17, 15) is 9.90 Å². The number of nitrogens with zero attached hydrogens (tertiary/aromatic N) is 1. The van der Waals surface area contributed by atoms with Crippen molar-refractivity contribution in [2.75, 3.05) is 13.1 Å². The number of carbonyl (C=O) groups is 1. The molecular weight excluding hydrogens is 326 g/mol. The third-order valence-electron chi connectivity index (χ3n) is 5.04. The number of likely N-dealkylation sites (tertiary alicyclic amines) is 1. The molecule has 0 radical (unpaired) electrons. The van der Waals surface area contributed by atoms with Crippen molar-refractivity contribution in [3.63, 3.8) is 0 Å². The molecule has 26 heavy (non-hydrogen) atoms. The Morgan fingerprint density at radius 3 is 2.85 bits per heavy atom.